The minimum absolute atomic E-state index is 0.172. The number of rotatable bonds is 5. The third-order valence-electron chi connectivity index (χ3n) is 5.84. The number of hydrogen-bond donors (Lipinski definition) is 0. The van der Waals surface area contributed by atoms with Gasteiger partial charge in [-0.05, 0) is 42.9 Å². The Morgan fingerprint density at radius 2 is 2.00 bits per heavy atom. The maximum Gasteiger partial charge on any atom is 0.213 e. The Morgan fingerprint density at radius 1 is 1.17 bits per heavy atom. The van der Waals surface area contributed by atoms with Crippen molar-refractivity contribution in [3.63, 3.8) is 0 Å². The van der Waals surface area contributed by atoms with Gasteiger partial charge in [0.15, 0.2) is 12.1 Å². The minimum atomic E-state index is -0.172. The van der Waals surface area contributed by atoms with Gasteiger partial charge in [-0.1, -0.05) is 17.7 Å². The van der Waals surface area contributed by atoms with Crippen LogP contribution in [0.25, 0.3) is 0 Å². The molecule has 0 spiro atoms. The monoisotopic (exact) mass is 425 g/mol. The number of hydrogen-bond acceptors (Lipinski definition) is 7. The van der Waals surface area contributed by atoms with E-state index in [9.17, 15) is 0 Å². The Hall–Kier alpha value is -2.64. The molecular formula is C22H24ClN5O2. The smallest absolute Gasteiger partial charge is 0.213 e. The van der Waals surface area contributed by atoms with Crippen LogP contribution in [0.5, 0.6) is 5.75 Å². The molecule has 8 heteroatoms. The van der Waals surface area contributed by atoms with Gasteiger partial charge in [-0.3, -0.25) is 14.8 Å². The molecule has 1 aromatic heterocycles. The number of halogens is 1. The molecule has 1 saturated heterocycles. The maximum atomic E-state index is 6.23. The van der Waals surface area contributed by atoms with Crippen molar-refractivity contribution in [1.29, 1.82) is 0 Å². The molecule has 2 fully saturated rings. The van der Waals surface area contributed by atoms with Gasteiger partial charge in [0, 0.05) is 25.4 Å². The second-order valence-electron chi connectivity index (χ2n) is 8.02. The van der Waals surface area contributed by atoms with Gasteiger partial charge in [0.05, 0.1) is 30.2 Å². The zero-order valence-corrected chi connectivity index (χ0v) is 17.8. The third-order valence-corrected chi connectivity index (χ3v) is 6.13. The molecule has 2 aliphatic heterocycles. The first-order chi connectivity index (χ1) is 14.6. The second kappa shape index (κ2) is 7.89. The highest BCUT2D eigenvalue weighted by molar-refractivity contribution is 6.32. The summed E-state index contributed by atoms with van der Waals surface area (Å²) in [5.41, 5.74) is 1.85. The van der Waals surface area contributed by atoms with Crippen LogP contribution in [0.2, 0.25) is 5.02 Å². The Morgan fingerprint density at radius 3 is 2.70 bits per heavy atom. The van der Waals surface area contributed by atoms with Crippen molar-refractivity contribution in [1.82, 2.24) is 14.9 Å². The SMILES string of the molecule is COc1ccc(COC2=NC(N3CC4CC4C3)N(c3cnc(C)cn3)C=C2)cc1Cl. The highest BCUT2D eigenvalue weighted by Crippen LogP contribution is 2.46. The summed E-state index contributed by atoms with van der Waals surface area (Å²) in [6.45, 7) is 4.44. The quantitative estimate of drug-likeness (QED) is 0.728. The van der Waals surface area contributed by atoms with E-state index in [0.29, 0.717) is 23.3 Å². The van der Waals surface area contributed by atoms with Crippen LogP contribution in [0.3, 0.4) is 0 Å². The molecule has 5 rings (SSSR count). The van der Waals surface area contributed by atoms with E-state index in [-0.39, 0.29) is 6.29 Å². The van der Waals surface area contributed by atoms with Crippen LogP contribution in [-0.4, -0.2) is 47.3 Å². The average Bonchev–Trinajstić information content (AvgIpc) is 3.37. The van der Waals surface area contributed by atoms with Crippen LogP contribution >= 0.6 is 11.6 Å². The number of benzene rings is 1. The summed E-state index contributed by atoms with van der Waals surface area (Å²) in [6.07, 6.45) is 8.61. The van der Waals surface area contributed by atoms with Crippen molar-refractivity contribution in [3.05, 3.63) is 59.1 Å². The van der Waals surface area contributed by atoms with Gasteiger partial charge >= 0.3 is 0 Å². The normalized spacial score (nSPS) is 25.1. The zero-order chi connectivity index (χ0) is 20.7. The maximum absolute atomic E-state index is 6.23. The molecule has 3 heterocycles. The van der Waals surface area contributed by atoms with Crippen molar-refractivity contribution in [2.24, 2.45) is 16.8 Å². The standard InChI is InChI=1S/C22H24ClN5O2/c1-14-9-25-20(10-24-14)28-6-5-21(26-22(28)27-11-16-8-17(16)12-27)30-13-15-3-4-19(29-2)18(23)7-15/h3-7,9-10,16-17,22H,8,11-13H2,1-2H3. The first-order valence-corrected chi connectivity index (χ1v) is 10.5. The van der Waals surface area contributed by atoms with Crippen LogP contribution in [-0.2, 0) is 11.3 Å². The molecule has 156 valence electrons. The van der Waals surface area contributed by atoms with Gasteiger partial charge < -0.3 is 9.47 Å². The minimum Gasteiger partial charge on any atom is -0.495 e. The second-order valence-corrected chi connectivity index (χ2v) is 8.43. The van der Waals surface area contributed by atoms with E-state index in [0.717, 1.165) is 42.0 Å². The largest absolute Gasteiger partial charge is 0.495 e. The van der Waals surface area contributed by atoms with E-state index >= 15 is 0 Å². The number of aryl methyl sites for hydroxylation is 1. The predicted octanol–water partition coefficient (Wildman–Crippen LogP) is 3.63. The number of nitrogens with zero attached hydrogens (tertiary/aromatic N) is 5. The number of likely N-dealkylation sites (tertiary alicyclic amines) is 1. The van der Waals surface area contributed by atoms with Gasteiger partial charge in [0.1, 0.15) is 12.4 Å². The highest BCUT2D eigenvalue weighted by atomic mass is 35.5. The molecule has 7 nitrogen and oxygen atoms in total. The molecule has 2 aromatic rings. The van der Waals surface area contributed by atoms with Crippen molar-refractivity contribution in [3.8, 4) is 5.75 Å². The van der Waals surface area contributed by atoms with Crippen molar-refractivity contribution in [2.75, 3.05) is 25.1 Å². The lowest BCUT2D eigenvalue weighted by atomic mass is 10.2. The highest BCUT2D eigenvalue weighted by Gasteiger charge is 2.48. The molecule has 3 aliphatic rings. The Balaban J connectivity index is 1.33. The molecule has 0 amide bonds. The van der Waals surface area contributed by atoms with E-state index in [2.05, 4.69) is 19.8 Å². The molecule has 1 saturated carbocycles. The van der Waals surface area contributed by atoms with Gasteiger partial charge in [-0.2, -0.15) is 0 Å². The number of methoxy groups -OCH3 is 1. The lowest BCUT2D eigenvalue weighted by molar-refractivity contribution is 0.214. The summed E-state index contributed by atoms with van der Waals surface area (Å²) < 4.78 is 11.2. The topological polar surface area (TPSA) is 63.1 Å². The fourth-order valence-corrected chi connectivity index (χ4v) is 4.36. The predicted molar refractivity (Wildman–Crippen MR) is 116 cm³/mol. The fraction of sp³-hybridized carbons (Fsp3) is 0.409. The number of aromatic nitrogens is 2. The molecule has 3 atom stereocenters. The molecule has 0 radical (unpaired) electrons. The van der Waals surface area contributed by atoms with Gasteiger partial charge in [0.25, 0.3) is 0 Å². The number of anilines is 1. The summed E-state index contributed by atoms with van der Waals surface area (Å²) in [5, 5.41) is 0.568. The summed E-state index contributed by atoms with van der Waals surface area (Å²) in [6, 6.07) is 5.64. The molecule has 3 unspecified atom stereocenters. The van der Waals surface area contributed by atoms with Crippen molar-refractivity contribution >= 4 is 23.3 Å². The number of ether oxygens (including phenoxy) is 2. The molecule has 1 aliphatic carbocycles. The van der Waals surface area contributed by atoms with E-state index in [4.69, 9.17) is 26.1 Å². The zero-order valence-electron chi connectivity index (χ0n) is 17.0. The summed E-state index contributed by atoms with van der Waals surface area (Å²) in [7, 11) is 1.60. The number of piperidine rings is 1. The molecule has 0 N–H and O–H groups in total. The first-order valence-electron chi connectivity index (χ1n) is 10.1. The van der Waals surface area contributed by atoms with E-state index in [1.807, 2.05) is 37.4 Å². The van der Waals surface area contributed by atoms with Crippen LogP contribution in [0.4, 0.5) is 5.82 Å². The number of fused-ring (bicyclic) bond motifs is 1. The van der Waals surface area contributed by atoms with E-state index in [1.54, 1.807) is 19.5 Å². The van der Waals surface area contributed by atoms with Crippen molar-refractivity contribution < 1.29 is 9.47 Å². The average molecular weight is 426 g/mol. The van der Waals surface area contributed by atoms with Crippen LogP contribution in [0.1, 0.15) is 17.7 Å². The lowest BCUT2D eigenvalue weighted by Crippen LogP contribution is -2.47. The van der Waals surface area contributed by atoms with Crippen LogP contribution in [0.15, 0.2) is 47.9 Å². The molecule has 1 aromatic carbocycles. The third kappa shape index (κ3) is 3.87. The molecular weight excluding hydrogens is 402 g/mol. The van der Waals surface area contributed by atoms with Crippen molar-refractivity contribution in [2.45, 2.75) is 26.2 Å². The lowest BCUT2D eigenvalue weighted by Gasteiger charge is -2.36. The van der Waals surface area contributed by atoms with Crippen LogP contribution in [0, 0.1) is 18.8 Å². The van der Waals surface area contributed by atoms with Gasteiger partial charge in [-0.25, -0.2) is 9.98 Å². The molecule has 0 bridgehead atoms. The molecule has 30 heavy (non-hydrogen) atoms. The Kier molecular flexibility index (Phi) is 5.08. The Labute approximate surface area is 181 Å². The van der Waals surface area contributed by atoms with E-state index in [1.165, 1.54) is 6.42 Å². The summed E-state index contributed by atoms with van der Waals surface area (Å²) in [5.74, 6) is 3.65. The Bertz CT molecular complexity index is 984. The van der Waals surface area contributed by atoms with E-state index < -0.39 is 0 Å². The summed E-state index contributed by atoms with van der Waals surface area (Å²) >= 11 is 6.23. The first kappa shape index (κ1) is 19.3. The number of aliphatic imine (C=N–C) groups is 1. The van der Waals surface area contributed by atoms with Gasteiger partial charge in [-0.15, -0.1) is 0 Å². The fourth-order valence-electron chi connectivity index (χ4n) is 4.08. The summed E-state index contributed by atoms with van der Waals surface area (Å²) in [4.78, 5) is 18.3. The van der Waals surface area contributed by atoms with Crippen LogP contribution < -0.4 is 9.64 Å². The van der Waals surface area contributed by atoms with Gasteiger partial charge in [0.2, 0.25) is 5.90 Å².